The number of fused-ring (bicyclic) bond motifs is 2. The van der Waals surface area contributed by atoms with Crippen LogP contribution in [0.4, 0.5) is 0 Å². The van der Waals surface area contributed by atoms with Gasteiger partial charge in [-0.1, -0.05) is 11.3 Å². The summed E-state index contributed by atoms with van der Waals surface area (Å²) in [6, 6.07) is 3.30. The average Bonchev–Trinajstić information content (AvgIpc) is 3.50. The number of aromatic nitrogens is 4. The lowest BCUT2D eigenvalue weighted by molar-refractivity contribution is -0.0767. The highest BCUT2D eigenvalue weighted by Crippen LogP contribution is 2.33. The number of hydrogen-bond acceptors (Lipinski definition) is 8. The first-order valence-corrected chi connectivity index (χ1v) is 12.1. The molecule has 5 rings (SSSR count). The molecule has 0 N–H and O–H groups in total. The van der Waals surface area contributed by atoms with Gasteiger partial charge in [-0.3, -0.25) is 32.9 Å². The highest BCUT2D eigenvalue weighted by atomic mass is 32.1. The van der Waals surface area contributed by atoms with Crippen LogP contribution in [0, 0.1) is 0 Å². The summed E-state index contributed by atoms with van der Waals surface area (Å²) in [5.74, 6) is -0.439. The molecule has 4 aromatic heterocycles. The zero-order valence-corrected chi connectivity index (χ0v) is 19.9. The lowest BCUT2D eigenvalue weighted by Crippen LogP contribution is -2.39. The van der Waals surface area contributed by atoms with Crippen molar-refractivity contribution in [2.24, 2.45) is 7.05 Å². The van der Waals surface area contributed by atoms with Crippen LogP contribution < -0.4 is 16.1 Å². The second-order valence-electron chi connectivity index (χ2n) is 8.07. The predicted molar refractivity (Wildman–Crippen MR) is 126 cm³/mol. The number of amides is 1. The van der Waals surface area contributed by atoms with E-state index in [4.69, 9.17) is 4.84 Å². The van der Waals surface area contributed by atoms with Crippen molar-refractivity contribution in [1.82, 2.24) is 23.7 Å². The number of nitrogens with zero attached hydrogens (tertiary/aromatic N) is 5. The molecule has 0 spiro atoms. The third-order valence-electron chi connectivity index (χ3n) is 5.65. The van der Waals surface area contributed by atoms with E-state index in [1.807, 2.05) is 13.8 Å². The summed E-state index contributed by atoms with van der Waals surface area (Å²) >= 11 is 2.21. The fraction of sp³-hybridized carbons (Fsp3) is 0.381. The zero-order chi connectivity index (χ0) is 23.4. The third kappa shape index (κ3) is 3.36. The maximum atomic E-state index is 13.5. The van der Waals surface area contributed by atoms with E-state index in [1.54, 1.807) is 22.9 Å². The number of carbonyl (C=O) groups excluding carboxylic acids is 1. The van der Waals surface area contributed by atoms with E-state index >= 15 is 0 Å². The lowest BCUT2D eigenvalue weighted by Gasteiger charge is -2.15. The van der Waals surface area contributed by atoms with Crippen LogP contribution in [0.3, 0.4) is 0 Å². The summed E-state index contributed by atoms with van der Waals surface area (Å²) in [5, 5.41) is 1.43. The standard InChI is InChI=1S/C21H21N5O5S2/c1-11(2)26-19-15(17(27)23(3)20(26)29)14(18(28)25-8-5-9-31-25)13(32-19)10-24-12-6-4-7-22-16(12)33-21(24)30/h4,6-7,11H,5,8-10H2,1-3H3. The van der Waals surface area contributed by atoms with Crippen molar-refractivity contribution < 1.29 is 9.63 Å². The Morgan fingerprint density at radius 1 is 1.24 bits per heavy atom. The minimum Gasteiger partial charge on any atom is -0.292 e. The first-order valence-electron chi connectivity index (χ1n) is 10.5. The molecule has 0 saturated carbocycles. The predicted octanol–water partition coefficient (Wildman–Crippen LogP) is 1.94. The SMILES string of the molecule is CC(C)n1c(=O)n(C)c(=O)c2c(C(=O)N3CCCO3)c(Cn3c(=O)sc4ncccc43)sc21. The van der Waals surface area contributed by atoms with Gasteiger partial charge in [0.05, 0.1) is 36.2 Å². The highest BCUT2D eigenvalue weighted by Gasteiger charge is 2.31. The quantitative estimate of drug-likeness (QED) is 0.435. The van der Waals surface area contributed by atoms with Gasteiger partial charge in [0.1, 0.15) is 9.66 Å². The van der Waals surface area contributed by atoms with Crippen LogP contribution in [0.25, 0.3) is 20.6 Å². The first kappa shape index (κ1) is 21.7. The van der Waals surface area contributed by atoms with Gasteiger partial charge in [-0.2, -0.15) is 0 Å². The molecule has 0 atom stereocenters. The van der Waals surface area contributed by atoms with E-state index in [0.717, 1.165) is 15.9 Å². The maximum Gasteiger partial charge on any atom is 0.332 e. The van der Waals surface area contributed by atoms with Crippen molar-refractivity contribution in [3.63, 3.8) is 0 Å². The van der Waals surface area contributed by atoms with E-state index in [-0.39, 0.29) is 28.4 Å². The molecular formula is C21H21N5O5S2. The van der Waals surface area contributed by atoms with Gasteiger partial charge >= 0.3 is 10.6 Å². The molecule has 1 fully saturated rings. The molecule has 0 aliphatic carbocycles. The largest absolute Gasteiger partial charge is 0.332 e. The molecule has 0 radical (unpaired) electrons. The number of thiazole rings is 1. The number of hydroxylamine groups is 2. The van der Waals surface area contributed by atoms with Crippen molar-refractivity contribution in [3.05, 3.63) is 59.3 Å². The smallest absolute Gasteiger partial charge is 0.292 e. The Labute approximate surface area is 194 Å². The Morgan fingerprint density at radius 2 is 2.03 bits per heavy atom. The summed E-state index contributed by atoms with van der Waals surface area (Å²) in [6.45, 7) is 4.59. The van der Waals surface area contributed by atoms with Crippen molar-refractivity contribution in [3.8, 4) is 0 Å². The highest BCUT2D eigenvalue weighted by molar-refractivity contribution is 7.19. The average molecular weight is 488 g/mol. The molecule has 1 amide bonds. The topological polar surface area (TPSA) is 108 Å². The van der Waals surface area contributed by atoms with E-state index in [0.29, 0.717) is 39.6 Å². The second kappa shape index (κ2) is 8.04. The molecule has 5 heterocycles. The minimum atomic E-state index is -0.541. The molecule has 1 aliphatic rings. The number of carbonyl (C=O) groups is 1. The molecule has 12 heteroatoms. The van der Waals surface area contributed by atoms with Gasteiger partial charge in [0.25, 0.3) is 11.5 Å². The Balaban J connectivity index is 1.82. The van der Waals surface area contributed by atoms with Gasteiger partial charge in [-0.15, -0.1) is 11.3 Å². The minimum absolute atomic E-state index is 0.0776. The number of hydrogen-bond donors (Lipinski definition) is 0. The van der Waals surface area contributed by atoms with Crippen molar-refractivity contribution >= 4 is 49.1 Å². The Hall–Kier alpha value is -3.09. The number of rotatable bonds is 4. The van der Waals surface area contributed by atoms with E-state index in [9.17, 15) is 19.2 Å². The molecule has 0 aromatic carbocycles. The zero-order valence-electron chi connectivity index (χ0n) is 18.2. The van der Waals surface area contributed by atoms with Crippen LogP contribution in [0.5, 0.6) is 0 Å². The van der Waals surface area contributed by atoms with Crippen LogP contribution in [-0.4, -0.2) is 42.8 Å². The number of pyridine rings is 1. The summed E-state index contributed by atoms with van der Waals surface area (Å²) < 4.78 is 4.08. The van der Waals surface area contributed by atoms with Crippen LogP contribution in [-0.2, 0) is 18.4 Å². The molecule has 1 saturated heterocycles. The van der Waals surface area contributed by atoms with Crippen LogP contribution in [0.2, 0.25) is 0 Å². The van der Waals surface area contributed by atoms with E-state index < -0.39 is 17.2 Å². The number of thiophene rings is 1. The maximum absolute atomic E-state index is 13.5. The Kier molecular flexibility index (Phi) is 5.30. The first-order chi connectivity index (χ1) is 15.8. The van der Waals surface area contributed by atoms with E-state index in [1.165, 1.54) is 28.0 Å². The molecular weight excluding hydrogens is 466 g/mol. The Bertz CT molecular complexity index is 1580. The summed E-state index contributed by atoms with van der Waals surface area (Å²) in [7, 11) is 1.41. The molecule has 33 heavy (non-hydrogen) atoms. The van der Waals surface area contributed by atoms with Crippen LogP contribution >= 0.6 is 22.7 Å². The fourth-order valence-corrected chi connectivity index (χ4v) is 6.29. The molecule has 0 unspecified atom stereocenters. The monoisotopic (exact) mass is 487 g/mol. The normalized spacial score (nSPS) is 14.2. The second-order valence-corrected chi connectivity index (χ2v) is 10.1. The summed E-state index contributed by atoms with van der Waals surface area (Å²) in [5.41, 5.74) is -0.160. The summed E-state index contributed by atoms with van der Waals surface area (Å²) in [4.78, 5) is 63.4. The van der Waals surface area contributed by atoms with Crippen LogP contribution in [0.15, 0.2) is 32.7 Å². The lowest BCUT2D eigenvalue weighted by atomic mass is 10.1. The third-order valence-corrected chi connectivity index (χ3v) is 7.73. The van der Waals surface area contributed by atoms with Gasteiger partial charge in [-0.25, -0.2) is 14.8 Å². The van der Waals surface area contributed by atoms with Crippen LogP contribution in [0.1, 0.15) is 41.5 Å². The van der Waals surface area contributed by atoms with Gasteiger partial charge in [0, 0.05) is 24.2 Å². The molecule has 10 nitrogen and oxygen atoms in total. The molecule has 4 aromatic rings. The fourth-order valence-electron chi connectivity index (χ4n) is 4.06. The van der Waals surface area contributed by atoms with Gasteiger partial charge in [0.2, 0.25) is 0 Å². The van der Waals surface area contributed by atoms with Gasteiger partial charge in [-0.05, 0) is 32.4 Å². The Morgan fingerprint density at radius 3 is 2.73 bits per heavy atom. The van der Waals surface area contributed by atoms with Crippen molar-refractivity contribution in [1.29, 1.82) is 0 Å². The van der Waals surface area contributed by atoms with Gasteiger partial charge in [0.15, 0.2) is 0 Å². The van der Waals surface area contributed by atoms with Crippen molar-refractivity contribution in [2.75, 3.05) is 13.2 Å². The van der Waals surface area contributed by atoms with E-state index in [2.05, 4.69) is 4.98 Å². The van der Waals surface area contributed by atoms with Gasteiger partial charge < -0.3 is 0 Å². The summed E-state index contributed by atoms with van der Waals surface area (Å²) in [6.07, 6.45) is 2.31. The molecule has 1 aliphatic heterocycles. The van der Waals surface area contributed by atoms with Crippen molar-refractivity contribution in [2.45, 2.75) is 32.9 Å². The molecule has 0 bridgehead atoms. The molecule has 172 valence electrons.